The number of nitrogens with one attached hydrogen (secondary N) is 1. The second-order valence-electron chi connectivity index (χ2n) is 6.58. The van der Waals surface area contributed by atoms with E-state index in [-0.39, 0.29) is 5.41 Å². The molecule has 0 aliphatic rings. The SMILES string of the molecule is CC(C)NCC(C)(C)COc1ccc(Cl)c2ccccc12. The average Bonchev–Trinajstić information content (AvgIpc) is 2.45. The maximum absolute atomic E-state index is 6.24. The lowest BCUT2D eigenvalue weighted by Gasteiger charge is -2.26. The van der Waals surface area contributed by atoms with Crippen LogP contribution in [0.15, 0.2) is 36.4 Å². The van der Waals surface area contributed by atoms with Gasteiger partial charge in [-0.2, -0.15) is 0 Å². The molecule has 0 amide bonds. The summed E-state index contributed by atoms with van der Waals surface area (Å²) in [5.41, 5.74) is 0.0744. The first-order valence-electron chi connectivity index (χ1n) is 7.42. The minimum atomic E-state index is 0.0744. The van der Waals surface area contributed by atoms with Crippen molar-refractivity contribution in [1.82, 2.24) is 5.32 Å². The molecular weight excluding hydrogens is 282 g/mol. The lowest BCUT2D eigenvalue weighted by Crippen LogP contribution is -2.37. The standard InChI is InChI=1S/C18H24ClNO/c1-13(2)20-11-18(3,4)12-21-17-10-9-16(19)14-7-5-6-8-15(14)17/h5-10,13,20H,11-12H2,1-4H3. The first-order chi connectivity index (χ1) is 9.89. The molecule has 114 valence electrons. The quantitative estimate of drug-likeness (QED) is 0.820. The number of ether oxygens (including phenoxy) is 1. The van der Waals surface area contributed by atoms with E-state index in [0.29, 0.717) is 12.6 Å². The number of hydrogen-bond acceptors (Lipinski definition) is 2. The Balaban J connectivity index is 2.12. The molecule has 0 aromatic heterocycles. The van der Waals surface area contributed by atoms with Crippen molar-refractivity contribution in [2.75, 3.05) is 13.2 Å². The fourth-order valence-electron chi connectivity index (χ4n) is 2.17. The van der Waals surface area contributed by atoms with Gasteiger partial charge in [-0.15, -0.1) is 0 Å². The Morgan fingerprint density at radius 2 is 1.76 bits per heavy atom. The molecule has 1 N–H and O–H groups in total. The zero-order chi connectivity index (χ0) is 15.5. The number of fused-ring (bicyclic) bond motifs is 1. The van der Waals surface area contributed by atoms with Gasteiger partial charge in [-0.25, -0.2) is 0 Å². The summed E-state index contributed by atoms with van der Waals surface area (Å²) in [6.45, 7) is 10.3. The molecule has 0 fully saturated rings. The van der Waals surface area contributed by atoms with Crippen LogP contribution in [0.2, 0.25) is 5.02 Å². The first kappa shape index (κ1) is 16.1. The fraction of sp³-hybridized carbons (Fsp3) is 0.444. The molecule has 0 spiro atoms. The van der Waals surface area contributed by atoms with Crippen LogP contribution in [-0.2, 0) is 0 Å². The van der Waals surface area contributed by atoms with Crippen molar-refractivity contribution in [2.24, 2.45) is 5.41 Å². The molecule has 3 heteroatoms. The molecule has 2 nitrogen and oxygen atoms in total. The summed E-state index contributed by atoms with van der Waals surface area (Å²) < 4.78 is 6.07. The summed E-state index contributed by atoms with van der Waals surface area (Å²) in [4.78, 5) is 0. The molecule has 0 bridgehead atoms. The van der Waals surface area contributed by atoms with Gasteiger partial charge in [0, 0.05) is 33.8 Å². The van der Waals surface area contributed by atoms with Crippen LogP contribution in [0.1, 0.15) is 27.7 Å². The van der Waals surface area contributed by atoms with Crippen molar-refractivity contribution in [3.63, 3.8) is 0 Å². The van der Waals surface area contributed by atoms with Crippen LogP contribution in [0.3, 0.4) is 0 Å². The third-order valence-corrected chi connectivity index (χ3v) is 3.77. The lowest BCUT2D eigenvalue weighted by atomic mass is 9.94. The van der Waals surface area contributed by atoms with E-state index in [9.17, 15) is 0 Å². The van der Waals surface area contributed by atoms with E-state index in [1.54, 1.807) is 0 Å². The van der Waals surface area contributed by atoms with E-state index >= 15 is 0 Å². The van der Waals surface area contributed by atoms with Crippen molar-refractivity contribution in [2.45, 2.75) is 33.7 Å². The molecule has 0 aliphatic heterocycles. The maximum Gasteiger partial charge on any atom is 0.127 e. The van der Waals surface area contributed by atoms with Crippen LogP contribution in [0.4, 0.5) is 0 Å². The highest BCUT2D eigenvalue weighted by Gasteiger charge is 2.19. The smallest absolute Gasteiger partial charge is 0.127 e. The molecule has 21 heavy (non-hydrogen) atoms. The van der Waals surface area contributed by atoms with E-state index in [2.05, 4.69) is 39.1 Å². The summed E-state index contributed by atoms with van der Waals surface area (Å²) in [6, 6.07) is 12.4. The van der Waals surface area contributed by atoms with E-state index in [1.165, 1.54) is 0 Å². The maximum atomic E-state index is 6.24. The Morgan fingerprint density at radius 1 is 1.10 bits per heavy atom. The monoisotopic (exact) mass is 305 g/mol. The number of halogens is 1. The Kier molecular flexibility index (Phi) is 5.13. The normalized spacial score (nSPS) is 12.1. The molecular formula is C18H24ClNO. The van der Waals surface area contributed by atoms with Gasteiger partial charge in [0.15, 0.2) is 0 Å². The largest absolute Gasteiger partial charge is 0.492 e. The predicted molar refractivity (Wildman–Crippen MR) is 91.4 cm³/mol. The van der Waals surface area contributed by atoms with Gasteiger partial charge in [0.2, 0.25) is 0 Å². The van der Waals surface area contributed by atoms with Crippen molar-refractivity contribution in [3.05, 3.63) is 41.4 Å². The first-order valence-corrected chi connectivity index (χ1v) is 7.80. The molecule has 2 aromatic carbocycles. The Morgan fingerprint density at radius 3 is 2.43 bits per heavy atom. The van der Waals surface area contributed by atoms with E-state index in [0.717, 1.165) is 28.1 Å². The third-order valence-electron chi connectivity index (χ3n) is 3.44. The van der Waals surface area contributed by atoms with Gasteiger partial charge in [0.1, 0.15) is 5.75 Å². The molecule has 2 aromatic rings. The van der Waals surface area contributed by atoms with Crippen molar-refractivity contribution >= 4 is 22.4 Å². The molecule has 0 saturated carbocycles. The molecule has 0 aliphatic carbocycles. The average molecular weight is 306 g/mol. The van der Waals surface area contributed by atoms with Gasteiger partial charge >= 0.3 is 0 Å². The molecule has 0 heterocycles. The fourth-order valence-corrected chi connectivity index (χ4v) is 2.39. The van der Waals surface area contributed by atoms with Crippen molar-refractivity contribution in [1.29, 1.82) is 0 Å². The zero-order valence-electron chi connectivity index (χ0n) is 13.2. The highest BCUT2D eigenvalue weighted by atomic mass is 35.5. The predicted octanol–water partition coefficient (Wildman–Crippen LogP) is 4.90. The van der Waals surface area contributed by atoms with Gasteiger partial charge in [0.05, 0.1) is 6.61 Å². The molecule has 0 saturated heterocycles. The van der Waals surface area contributed by atoms with Crippen LogP contribution >= 0.6 is 11.6 Å². The minimum absolute atomic E-state index is 0.0744. The highest BCUT2D eigenvalue weighted by molar-refractivity contribution is 6.35. The van der Waals surface area contributed by atoms with Crippen LogP contribution < -0.4 is 10.1 Å². The number of hydrogen-bond donors (Lipinski definition) is 1. The van der Waals surface area contributed by atoms with Crippen LogP contribution in [0.5, 0.6) is 5.75 Å². The van der Waals surface area contributed by atoms with Gasteiger partial charge in [-0.3, -0.25) is 0 Å². The topological polar surface area (TPSA) is 21.3 Å². The van der Waals surface area contributed by atoms with Crippen molar-refractivity contribution in [3.8, 4) is 5.75 Å². The lowest BCUT2D eigenvalue weighted by molar-refractivity contribution is 0.175. The highest BCUT2D eigenvalue weighted by Crippen LogP contribution is 2.32. The van der Waals surface area contributed by atoms with Crippen LogP contribution in [0, 0.1) is 5.41 Å². The zero-order valence-corrected chi connectivity index (χ0v) is 14.0. The molecule has 0 unspecified atom stereocenters. The Hall–Kier alpha value is -1.25. The number of rotatable bonds is 6. The minimum Gasteiger partial charge on any atom is -0.492 e. The summed E-state index contributed by atoms with van der Waals surface area (Å²) in [6.07, 6.45) is 0. The summed E-state index contributed by atoms with van der Waals surface area (Å²) in [7, 11) is 0. The molecule has 0 radical (unpaired) electrons. The number of benzene rings is 2. The van der Waals surface area contributed by atoms with E-state index in [4.69, 9.17) is 16.3 Å². The van der Waals surface area contributed by atoms with Gasteiger partial charge < -0.3 is 10.1 Å². The molecule has 2 rings (SSSR count). The van der Waals surface area contributed by atoms with Gasteiger partial charge in [-0.05, 0) is 12.1 Å². The second-order valence-corrected chi connectivity index (χ2v) is 6.99. The molecule has 0 atom stereocenters. The third kappa shape index (κ3) is 4.36. The Bertz CT molecular complexity index is 607. The van der Waals surface area contributed by atoms with E-state index < -0.39 is 0 Å². The summed E-state index contributed by atoms with van der Waals surface area (Å²) >= 11 is 6.24. The summed E-state index contributed by atoms with van der Waals surface area (Å²) in [5, 5.41) is 6.33. The summed E-state index contributed by atoms with van der Waals surface area (Å²) in [5.74, 6) is 0.896. The van der Waals surface area contributed by atoms with Crippen LogP contribution in [0.25, 0.3) is 10.8 Å². The van der Waals surface area contributed by atoms with E-state index in [1.807, 2.05) is 30.3 Å². The van der Waals surface area contributed by atoms with Gasteiger partial charge in [-0.1, -0.05) is 63.6 Å². The van der Waals surface area contributed by atoms with Crippen LogP contribution in [-0.4, -0.2) is 19.2 Å². The van der Waals surface area contributed by atoms with Gasteiger partial charge in [0.25, 0.3) is 0 Å². The Labute approximate surface area is 132 Å². The second kappa shape index (κ2) is 6.67. The van der Waals surface area contributed by atoms with Crippen molar-refractivity contribution < 1.29 is 4.74 Å².